The van der Waals surface area contributed by atoms with Crippen LogP contribution >= 0.6 is 7.82 Å². The molecule has 27 heteroatoms. The summed E-state index contributed by atoms with van der Waals surface area (Å²) in [4.78, 5) is 48.4. The molecule has 0 saturated carbocycles. The summed E-state index contributed by atoms with van der Waals surface area (Å²) in [6.45, 7) is -1.10. The first kappa shape index (κ1) is 49.3. The summed E-state index contributed by atoms with van der Waals surface area (Å²) in [5.41, 5.74) is 10.0. The number of hydrogen-bond donors (Lipinski definition) is 6. The fourth-order valence-corrected chi connectivity index (χ4v) is 5.31. The maximum atomic E-state index is 12.7. The third-order valence-corrected chi connectivity index (χ3v) is 7.17. The fourth-order valence-electron chi connectivity index (χ4n) is 4.35. The third-order valence-electron chi connectivity index (χ3n) is 6.16. The molecule has 46 heavy (non-hydrogen) atoms. The summed E-state index contributed by atoms with van der Waals surface area (Å²) in [5.74, 6) is -0.115. The smallest absolute Gasteiger partial charge is 0.412 e. The van der Waals surface area contributed by atoms with Crippen LogP contribution in [0.3, 0.4) is 0 Å². The highest BCUT2D eigenvalue weighted by Crippen LogP contribution is 2.49. The minimum Gasteiger partial charge on any atom is -0.412 e. The molecule has 7 atom stereocenters. The topological polar surface area (TPSA) is 517 Å². The number of fused-ring (bicyclic) bond motifs is 1. The number of H-pyrrole nitrogens is 1. The number of aromatic nitrogens is 6. The van der Waals surface area contributed by atoms with Crippen LogP contribution in [0.15, 0.2) is 28.2 Å². The summed E-state index contributed by atoms with van der Waals surface area (Å²) in [7, 11) is -4.74. The second kappa shape index (κ2) is 19.2. The van der Waals surface area contributed by atoms with Crippen molar-refractivity contribution in [2.24, 2.45) is 0 Å². The van der Waals surface area contributed by atoms with E-state index in [2.05, 4.69) is 19.9 Å². The SMILES string of the molecule is Nc1ccn([C@H]2C[C@H](OP(=O)(O)OC[C@H]3O[C@@H](n4cnc5c(=O)[nH]c(N)nc54)C[C@@H]3O)[C@@H](CO)O2)c(=O)n1.O.O.O.O.O.O.O.O. The van der Waals surface area contributed by atoms with Crippen molar-refractivity contribution >= 4 is 30.8 Å². The number of anilines is 2. The number of nitrogens with one attached hydrogen (secondary N) is 1. The van der Waals surface area contributed by atoms with E-state index < -0.39 is 69.2 Å². The molecule has 3 aromatic heterocycles. The van der Waals surface area contributed by atoms with E-state index in [0.717, 1.165) is 4.57 Å². The van der Waals surface area contributed by atoms with Gasteiger partial charge >= 0.3 is 13.5 Å². The van der Waals surface area contributed by atoms with E-state index in [1.165, 1.54) is 23.2 Å². The monoisotopic (exact) mass is 700 g/mol. The summed E-state index contributed by atoms with van der Waals surface area (Å²) < 4.78 is 36.8. The molecule has 270 valence electrons. The molecule has 0 radical (unpaired) electrons. The molecule has 1 unspecified atom stereocenters. The van der Waals surface area contributed by atoms with Crippen molar-refractivity contribution < 1.29 is 82.0 Å². The molecule has 26 nitrogen and oxygen atoms in total. The number of phosphoric ester groups is 1. The molecule has 0 aliphatic carbocycles. The Bertz CT molecular complexity index is 1500. The number of rotatable bonds is 8. The van der Waals surface area contributed by atoms with Crippen LogP contribution in [0.2, 0.25) is 0 Å². The Kier molecular flexibility index (Phi) is 20.6. The van der Waals surface area contributed by atoms with Gasteiger partial charge in [0.25, 0.3) is 5.56 Å². The zero-order valence-electron chi connectivity index (χ0n) is 23.6. The van der Waals surface area contributed by atoms with Gasteiger partial charge in [-0.25, -0.2) is 14.3 Å². The number of nitrogens with two attached hydrogens (primary N) is 2. The molecule has 0 bridgehead atoms. The lowest BCUT2D eigenvalue weighted by Crippen LogP contribution is -2.29. The zero-order chi connectivity index (χ0) is 27.2. The molecule has 0 amide bonds. The van der Waals surface area contributed by atoms with Crippen LogP contribution < -0.4 is 22.7 Å². The summed E-state index contributed by atoms with van der Waals surface area (Å²) in [6, 6.07) is 1.38. The molecule has 5 rings (SSSR count). The second-order valence-electron chi connectivity index (χ2n) is 8.71. The Morgan fingerprint density at radius 2 is 1.59 bits per heavy atom. The maximum Gasteiger partial charge on any atom is 0.472 e. The molecule has 0 aromatic carbocycles. The highest BCUT2D eigenvalue weighted by molar-refractivity contribution is 7.47. The summed E-state index contributed by atoms with van der Waals surface area (Å²) >= 11 is 0. The van der Waals surface area contributed by atoms with Crippen molar-refractivity contribution in [2.75, 3.05) is 24.7 Å². The van der Waals surface area contributed by atoms with Gasteiger partial charge in [0.1, 0.15) is 36.6 Å². The van der Waals surface area contributed by atoms with Crippen molar-refractivity contribution in [3.8, 4) is 0 Å². The highest BCUT2D eigenvalue weighted by Gasteiger charge is 2.43. The lowest BCUT2D eigenvalue weighted by atomic mass is 10.2. The standard InChI is InChI=1S/C19H25N8O10P.8H2O/c20-12-1-2-26(19(31)23-12)14-4-9(10(5-28)35-14)37-38(32,33)34-6-11-8(29)3-13(36-11)27-7-22-15-16(27)24-18(21)25-17(15)30;;;;;;;;/h1-2,7-11,13-14,28-29H,3-6H2,(H,32,33)(H2,20,23,31)(H3,21,24,25,30);8*1H2/t8-,9-,10+,11+,13+,14+;;;;;;;;/m0......../s1. The van der Waals surface area contributed by atoms with E-state index in [4.69, 9.17) is 30.0 Å². The number of ether oxygens (including phenoxy) is 2. The quantitative estimate of drug-likeness (QED) is 0.119. The number of phosphoric acid groups is 1. The van der Waals surface area contributed by atoms with Crippen molar-refractivity contribution in [1.82, 2.24) is 29.1 Å². The van der Waals surface area contributed by atoms with Crippen LogP contribution in [-0.2, 0) is 23.1 Å². The Hall–Kier alpha value is -3.54. The van der Waals surface area contributed by atoms with Gasteiger partial charge in [0.05, 0.1) is 25.6 Å². The molecule has 24 N–H and O–H groups in total. The predicted molar refractivity (Wildman–Crippen MR) is 155 cm³/mol. The third kappa shape index (κ3) is 9.98. The zero-order valence-corrected chi connectivity index (χ0v) is 24.5. The van der Waals surface area contributed by atoms with Gasteiger partial charge in [-0.3, -0.25) is 28.0 Å². The van der Waals surface area contributed by atoms with E-state index in [9.17, 15) is 29.3 Å². The number of aromatic amines is 1. The van der Waals surface area contributed by atoms with Gasteiger partial charge in [-0.1, -0.05) is 0 Å². The van der Waals surface area contributed by atoms with Crippen LogP contribution in [0.5, 0.6) is 0 Å². The van der Waals surface area contributed by atoms with E-state index in [0.29, 0.717) is 0 Å². The van der Waals surface area contributed by atoms with Gasteiger partial charge in [0.15, 0.2) is 11.2 Å². The first-order chi connectivity index (χ1) is 18.0. The minimum atomic E-state index is -4.74. The molecule has 2 aliphatic heterocycles. The Morgan fingerprint density at radius 3 is 2.20 bits per heavy atom. The van der Waals surface area contributed by atoms with Crippen LogP contribution in [0.4, 0.5) is 11.8 Å². The van der Waals surface area contributed by atoms with Crippen LogP contribution in [0, 0.1) is 0 Å². The largest absolute Gasteiger partial charge is 0.472 e. The minimum absolute atomic E-state index is 0. The number of imidazole rings is 1. The molecule has 0 spiro atoms. The Labute approximate surface area is 256 Å². The number of nitrogen functional groups attached to an aromatic ring is 2. The number of aliphatic hydroxyl groups is 2. The van der Waals surface area contributed by atoms with Gasteiger partial charge in [0.2, 0.25) is 5.95 Å². The lowest BCUT2D eigenvalue weighted by Gasteiger charge is -2.21. The average molecular weight is 701 g/mol. The van der Waals surface area contributed by atoms with Crippen molar-refractivity contribution in [1.29, 1.82) is 0 Å². The van der Waals surface area contributed by atoms with Gasteiger partial charge < -0.3 is 79.9 Å². The van der Waals surface area contributed by atoms with E-state index in [1.54, 1.807) is 0 Å². The van der Waals surface area contributed by atoms with E-state index in [1.807, 2.05) is 0 Å². The van der Waals surface area contributed by atoms with Crippen LogP contribution in [-0.4, -0.2) is 126 Å². The molecular weight excluding hydrogens is 659 g/mol. The van der Waals surface area contributed by atoms with Crippen LogP contribution in [0.1, 0.15) is 25.3 Å². The molecule has 5 heterocycles. The predicted octanol–water partition coefficient (Wildman–Crippen LogP) is -8.63. The molecule has 2 fully saturated rings. The number of hydrogen-bond acceptors (Lipinski definition) is 14. The van der Waals surface area contributed by atoms with Gasteiger partial charge in [-0.2, -0.15) is 9.97 Å². The fraction of sp³-hybridized carbons (Fsp3) is 0.526. The first-order valence-corrected chi connectivity index (χ1v) is 12.9. The van der Waals surface area contributed by atoms with Crippen molar-refractivity contribution in [2.45, 2.75) is 49.7 Å². The summed E-state index contributed by atoms with van der Waals surface area (Å²) in [5, 5.41) is 20.1. The highest BCUT2D eigenvalue weighted by atomic mass is 31.2. The normalized spacial score (nSPS) is 24.1. The van der Waals surface area contributed by atoms with E-state index >= 15 is 0 Å². The van der Waals surface area contributed by atoms with Gasteiger partial charge in [-0.05, 0) is 6.07 Å². The van der Waals surface area contributed by atoms with Crippen LogP contribution in [0.25, 0.3) is 11.2 Å². The molecule has 2 saturated heterocycles. The maximum absolute atomic E-state index is 12.7. The first-order valence-electron chi connectivity index (χ1n) is 11.4. The Balaban J connectivity index is -0.00000110. The lowest BCUT2D eigenvalue weighted by molar-refractivity contribution is -0.0564. The number of aliphatic hydroxyl groups excluding tert-OH is 2. The average Bonchev–Trinajstić information content (AvgIpc) is 3.54. The summed E-state index contributed by atoms with van der Waals surface area (Å²) in [6.07, 6.45) is -3.42. The number of nitrogens with zero attached hydrogens (tertiary/aromatic N) is 5. The van der Waals surface area contributed by atoms with Crippen molar-refractivity contribution in [3.63, 3.8) is 0 Å². The molecular formula is C19H41N8O18P. The van der Waals surface area contributed by atoms with Crippen molar-refractivity contribution in [3.05, 3.63) is 39.4 Å². The molecule has 3 aromatic rings. The van der Waals surface area contributed by atoms with E-state index in [-0.39, 0.29) is 79.6 Å². The Morgan fingerprint density at radius 1 is 0.978 bits per heavy atom. The second-order valence-corrected chi connectivity index (χ2v) is 10.1. The molecule has 2 aliphatic rings. The van der Waals surface area contributed by atoms with Gasteiger partial charge in [-0.15, -0.1) is 0 Å². The van der Waals surface area contributed by atoms with Gasteiger partial charge in [0, 0.05) is 19.0 Å².